The Labute approximate surface area is 99.6 Å². The second kappa shape index (κ2) is 5.48. The van der Waals surface area contributed by atoms with E-state index in [1.54, 1.807) is 0 Å². The number of nitrogens with zero attached hydrogens (tertiary/aromatic N) is 2. The molecule has 1 N–H and O–H groups in total. The summed E-state index contributed by atoms with van der Waals surface area (Å²) in [5.74, 6) is 1.98. The molecule has 5 heteroatoms. The number of ketones is 1. The predicted octanol–water partition coefficient (Wildman–Crippen LogP) is 2.35. The van der Waals surface area contributed by atoms with Crippen LogP contribution in [-0.2, 0) is 4.79 Å². The molecular weight excluding hydrogens is 222 g/mol. The smallest absolute Gasteiger partial charge is 0.208 e. The molecule has 1 aliphatic rings. The molecule has 1 aliphatic carbocycles. The van der Waals surface area contributed by atoms with E-state index < -0.39 is 0 Å². The van der Waals surface area contributed by atoms with Gasteiger partial charge in [0.1, 0.15) is 11.6 Å². The lowest BCUT2D eigenvalue weighted by atomic mass is 9.87. The van der Waals surface area contributed by atoms with Crippen molar-refractivity contribution in [1.82, 2.24) is 15.2 Å². The number of H-pyrrole nitrogens is 1. The van der Waals surface area contributed by atoms with Crippen molar-refractivity contribution < 1.29 is 4.79 Å². The highest BCUT2D eigenvalue weighted by Gasteiger charge is 2.21. The third-order valence-corrected chi connectivity index (χ3v) is 3.85. The Morgan fingerprint density at radius 1 is 1.44 bits per heavy atom. The number of carbonyl (C=O) groups excluding carboxylic acids is 1. The first-order chi connectivity index (χ1) is 7.75. The second-order valence-electron chi connectivity index (χ2n) is 4.29. The van der Waals surface area contributed by atoms with Gasteiger partial charge in [0.15, 0.2) is 0 Å². The van der Waals surface area contributed by atoms with Gasteiger partial charge in [-0.05, 0) is 19.8 Å². The highest BCUT2D eigenvalue weighted by atomic mass is 32.2. The van der Waals surface area contributed by atoms with Crippen LogP contribution in [0, 0.1) is 12.8 Å². The van der Waals surface area contributed by atoms with E-state index in [1.807, 2.05) is 6.92 Å². The SMILES string of the molecule is Cc1nc(SCC(=O)C2CCCCC2)n[nH]1. The Bertz CT molecular complexity index is 358. The first-order valence-corrected chi connectivity index (χ1v) is 6.79. The number of aromatic nitrogens is 3. The van der Waals surface area contributed by atoms with Crippen molar-refractivity contribution in [2.24, 2.45) is 5.92 Å². The number of aromatic amines is 1. The van der Waals surface area contributed by atoms with E-state index in [0.717, 1.165) is 18.7 Å². The zero-order valence-electron chi connectivity index (χ0n) is 9.53. The summed E-state index contributed by atoms with van der Waals surface area (Å²) < 4.78 is 0. The summed E-state index contributed by atoms with van der Waals surface area (Å²) in [4.78, 5) is 16.1. The largest absolute Gasteiger partial charge is 0.298 e. The van der Waals surface area contributed by atoms with Crippen molar-refractivity contribution in [3.8, 4) is 0 Å². The number of aryl methyl sites for hydroxylation is 1. The number of thioether (sulfide) groups is 1. The zero-order chi connectivity index (χ0) is 11.4. The summed E-state index contributed by atoms with van der Waals surface area (Å²) in [6, 6.07) is 0. The van der Waals surface area contributed by atoms with Crippen LogP contribution in [0.3, 0.4) is 0 Å². The number of rotatable bonds is 4. The predicted molar refractivity (Wildman–Crippen MR) is 63.4 cm³/mol. The average molecular weight is 239 g/mol. The second-order valence-corrected chi connectivity index (χ2v) is 5.24. The monoisotopic (exact) mass is 239 g/mol. The minimum atomic E-state index is 0.293. The summed E-state index contributed by atoms with van der Waals surface area (Å²) in [6.45, 7) is 1.86. The van der Waals surface area contributed by atoms with E-state index in [-0.39, 0.29) is 0 Å². The van der Waals surface area contributed by atoms with Crippen LogP contribution in [0.2, 0.25) is 0 Å². The Morgan fingerprint density at radius 3 is 2.81 bits per heavy atom. The summed E-state index contributed by atoms with van der Waals surface area (Å²) >= 11 is 1.44. The maximum atomic E-state index is 11.9. The minimum absolute atomic E-state index is 0.293. The maximum absolute atomic E-state index is 11.9. The molecule has 16 heavy (non-hydrogen) atoms. The lowest BCUT2D eigenvalue weighted by molar-refractivity contribution is -0.121. The first kappa shape index (κ1) is 11.6. The number of Topliss-reactive ketones (excluding diaryl/α,β-unsaturated/α-hetero) is 1. The molecule has 0 unspecified atom stereocenters. The molecule has 0 aromatic carbocycles. The molecule has 0 atom stereocenters. The van der Waals surface area contributed by atoms with Crippen molar-refractivity contribution in [2.45, 2.75) is 44.2 Å². The van der Waals surface area contributed by atoms with Crippen LogP contribution in [0.5, 0.6) is 0 Å². The molecule has 0 bridgehead atoms. The Morgan fingerprint density at radius 2 is 2.19 bits per heavy atom. The van der Waals surface area contributed by atoms with Crippen molar-refractivity contribution >= 4 is 17.5 Å². The molecule has 0 aliphatic heterocycles. The van der Waals surface area contributed by atoms with Gasteiger partial charge >= 0.3 is 0 Å². The molecule has 4 nitrogen and oxygen atoms in total. The Balaban J connectivity index is 1.78. The molecule has 1 aromatic heterocycles. The molecule has 88 valence electrons. The highest BCUT2D eigenvalue weighted by Crippen LogP contribution is 2.26. The van der Waals surface area contributed by atoms with Crippen LogP contribution in [0.25, 0.3) is 0 Å². The standard InChI is InChI=1S/C11H17N3OS/c1-8-12-11(14-13-8)16-7-10(15)9-5-3-2-4-6-9/h9H,2-7H2,1H3,(H,12,13,14). The lowest BCUT2D eigenvalue weighted by Crippen LogP contribution is -2.19. The van der Waals surface area contributed by atoms with Crippen LogP contribution in [0.4, 0.5) is 0 Å². The Kier molecular flexibility index (Phi) is 3.98. The molecule has 1 fully saturated rings. The fourth-order valence-electron chi connectivity index (χ4n) is 2.06. The van der Waals surface area contributed by atoms with Gasteiger partial charge in [-0.25, -0.2) is 4.98 Å². The molecule has 0 spiro atoms. The molecular formula is C11H17N3OS. The number of nitrogens with one attached hydrogen (secondary N) is 1. The van der Waals surface area contributed by atoms with Gasteiger partial charge in [-0.3, -0.25) is 9.89 Å². The number of carbonyl (C=O) groups is 1. The number of hydrogen-bond acceptors (Lipinski definition) is 4. The van der Waals surface area contributed by atoms with Crippen molar-refractivity contribution in [3.05, 3.63) is 5.82 Å². The lowest BCUT2D eigenvalue weighted by Gasteiger charge is -2.19. The molecule has 1 heterocycles. The maximum Gasteiger partial charge on any atom is 0.208 e. The van der Waals surface area contributed by atoms with E-state index in [0.29, 0.717) is 22.6 Å². The molecule has 0 amide bonds. The van der Waals surface area contributed by atoms with Gasteiger partial charge in [0.05, 0.1) is 5.75 Å². The third-order valence-electron chi connectivity index (χ3n) is 2.98. The fraction of sp³-hybridized carbons (Fsp3) is 0.727. The summed E-state index contributed by atoms with van der Waals surface area (Å²) in [7, 11) is 0. The summed E-state index contributed by atoms with van der Waals surface area (Å²) in [6.07, 6.45) is 5.86. The van der Waals surface area contributed by atoms with Gasteiger partial charge in [0.2, 0.25) is 5.16 Å². The van der Waals surface area contributed by atoms with Crippen LogP contribution < -0.4 is 0 Å². The zero-order valence-corrected chi connectivity index (χ0v) is 10.3. The van der Waals surface area contributed by atoms with Gasteiger partial charge in [-0.15, -0.1) is 5.10 Å². The molecule has 1 saturated carbocycles. The van der Waals surface area contributed by atoms with Crippen LogP contribution in [-0.4, -0.2) is 26.7 Å². The first-order valence-electron chi connectivity index (χ1n) is 5.80. The van der Waals surface area contributed by atoms with E-state index in [9.17, 15) is 4.79 Å². The van der Waals surface area contributed by atoms with Gasteiger partial charge in [-0.2, -0.15) is 0 Å². The van der Waals surface area contributed by atoms with Crippen LogP contribution >= 0.6 is 11.8 Å². The molecule has 2 rings (SSSR count). The topological polar surface area (TPSA) is 58.6 Å². The van der Waals surface area contributed by atoms with Crippen molar-refractivity contribution in [2.75, 3.05) is 5.75 Å². The summed E-state index contributed by atoms with van der Waals surface area (Å²) in [5, 5.41) is 7.47. The van der Waals surface area contributed by atoms with Gasteiger partial charge in [-0.1, -0.05) is 31.0 Å². The molecule has 1 aromatic rings. The van der Waals surface area contributed by atoms with Crippen molar-refractivity contribution in [3.63, 3.8) is 0 Å². The number of hydrogen-bond donors (Lipinski definition) is 1. The van der Waals surface area contributed by atoms with Crippen LogP contribution in [0.1, 0.15) is 37.9 Å². The highest BCUT2D eigenvalue weighted by molar-refractivity contribution is 7.99. The third kappa shape index (κ3) is 3.07. The van der Waals surface area contributed by atoms with E-state index in [1.165, 1.54) is 31.0 Å². The van der Waals surface area contributed by atoms with E-state index in [4.69, 9.17) is 0 Å². The molecule has 0 saturated heterocycles. The van der Waals surface area contributed by atoms with Gasteiger partial charge in [0, 0.05) is 5.92 Å². The van der Waals surface area contributed by atoms with Gasteiger partial charge < -0.3 is 0 Å². The van der Waals surface area contributed by atoms with E-state index >= 15 is 0 Å². The van der Waals surface area contributed by atoms with E-state index in [2.05, 4.69) is 15.2 Å². The average Bonchev–Trinajstić information content (AvgIpc) is 2.73. The fourth-order valence-corrected chi connectivity index (χ4v) is 2.88. The summed E-state index contributed by atoms with van der Waals surface area (Å²) in [5.41, 5.74) is 0. The normalized spacial score (nSPS) is 17.6. The van der Waals surface area contributed by atoms with Crippen molar-refractivity contribution in [1.29, 1.82) is 0 Å². The Hall–Kier alpha value is -0.840. The quantitative estimate of drug-likeness (QED) is 0.819. The van der Waals surface area contributed by atoms with Gasteiger partial charge in [0.25, 0.3) is 0 Å². The minimum Gasteiger partial charge on any atom is -0.298 e. The molecule has 0 radical (unpaired) electrons. The van der Waals surface area contributed by atoms with Crippen LogP contribution in [0.15, 0.2) is 5.16 Å².